The summed E-state index contributed by atoms with van der Waals surface area (Å²) < 4.78 is 20.0. The predicted octanol–water partition coefficient (Wildman–Crippen LogP) is 3.79. The number of hydrogen-bond acceptors (Lipinski definition) is 1. The molecule has 0 aromatic heterocycles. The van der Waals surface area contributed by atoms with Crippen LogP contribution in [-0.2, 0) is 11.2 Å². The van der Waals surface area contributed by atoms with Gasteiger partial charge < -0.3 is 4.74 Å². The van der Waals surface area contributed by atoms with Crippen LogP contribution in [0.15, 0.2) is 12.1 Å². The van der Waals surface area contributed by atoms with Gasteiger partial charge in [-0.2, -0.15) is 0 Å². The lowest BCUT2D eigenvalue weighted by Gasteiger charge is -2.39. The quantitative estimate of drug-likeness (QED) is 0.663. The van der Waals surface area contributed by atoms with Gasteiger partial charge in [-0.3, -0.25) is 0 Å². The standard InChI is InChI=1S/C15H19FO/c1-9-7-11-4-6-12-13(15(11)17-8-9)5-3-10(2)14(12)16/h3,5,9,11,15H,4,6-8H2,1-2H3. The summed E-state index contributed by atoms with van der Waals surface area (Å²) in [4.78, 5) is 0. The van der Waals surface area contributed by atoms with E-state index in [4.69, 9.17) is 4.74 Å². The third-order valence-corrected chi connectivity index (χ3v) is 4.24. The highest BCUT2D eigenvalue weighted by Gasteiger charge is 2.36. The summed E-state index contributed by atoms with van der Waals surface area (Å²) in [5.41, 5.74) is 2.77. The van der Waals surface area contributed by atoms with Crippen molar-refractivity contribution in [3.8, 4) is 0 Å². The number of fused-ring (bicyclic) bond motifs is 3. The fourth-order valence-corrected chi connectivity index (χ4v) is 3.33. The maximum Gasteiger partial charge on any atom is 0.129 e. The topological polar surface area (TPSA) is 9.23 Å². The number of benzene rings is 1. The minimum atomic E-state index is -0.0110. The fourth-order valence-electron chi connectivity index (χ4n) is 3.33. The lowest BCUT2D eigenvalue weighted by molar-refractivity contribution is -0.0617. The van der Waals surface area contributed by atoms with E-state index in [0.29, 0.717) is 11.8 Å². The fraction of sp³-hybridized carbons (Fsp3) is 0.600. The Morgan fingerprint density at radius 1 is 1.35 bits per heavy atom. The number of halogens is 1. The molecule has 0 bridgehead atoms. The largest absolute Gasteiger partial charge is 0.373 e. The molecule has 92 valence electrons. The molecule has 17 heavy (non-hydrogen) atoms. The summed E-state index contributed by atoms with van der Waals surface area (Å²) in [6.07, 6.45) is 3.31. The van der Waals surface area contributed by atoms with Crippen molar-refractivity contribution in [1.29, 1.82) is 0 Å². The average molecular weight is 234 g/mol. The molecule has 3 atom stereocenters. The van der Waals surface area contributed by atoms with Gasteiger partial charge in [-0.25, -0.2) is 4.39 Å². The molecule has 1 aromatic carbocycles. The van der Waals surface area contributed by atoms with E-state index in [1.807, 2.05) is 13.0 Å². The Kier molecular flexibility index (Phi) is 2.70. The van der Waals surface area contributed by atoms with Crippen LogP contribution < -0.4 is 0 Å². The van der Waals surface area contributed by atoms with Gasteiger partial charge in [-0.05, 0) is 54.7 Å². The van der Waals surface area contributed by atoms with Crippen molar-refractivity contribution in [3.63, 3.8) is 0 Å². The zero-order valence-corrected chi connectivity index (χ0v) is 10.5. The minimum absolute atomic E-state index is 0.0110. The van der Waals surface area contributed by atoms with E-state index < -0.39 is 0 Å². The molecule has 3 unspecified atom stereocenters. The zero-order valence-electron chi connectivity index (χ0n) is 10.5. The van der Waals surface area contributed by atoms with E-state index >= 15 is 0 Å². The maximum atomic E-state index is 14.1. The number of rotatable bonds is 0. The first-order chi connectivity index (χ1) is 8.16. The van der Waals surface area contributed by atoms with Crippen LogP contribution in [0.1, 0.15) is 42.6 Å². The van der Waals surface area contributed by atoms with Crippen molar-refractivity contribution in [2.75, 3.05) is 6.61 Å². The first-order valence-corrected chi connectivity index (χ1v) is 6.56. The number of hydrogen-bond donors (Lipinski definition) is 0. The lowest BCUT2D eigenvalue weighted by atomic mass is 9.75. The number of ether oxygens (including phenoxy) is 1. The molecular formula is C15H19FO. The average Bonchev–Trinajstić information content (AvgIpc) is 2.33. The van der Waals surface area contributed by atoms with Gasteiger partial charge in [0.2, 0.25) is 0 Å². The third-order valence-electron chi connectivity index (χ3n) is 4.24. The Hall–Kier alpha value is -0.890. The smallest absolute Gasteiger partial charge is 0.129 e. The molecule has 0 spiro atoms. The van der Waals surface area contributed by atoms with Gasteiger partial charge in [0.05, 0.1) is 6.10 Å². The molecule has 1 aromatic rings. The molecule has 1 nitrogen and oxygen atoms in total. The van der Waals surface area contributed by atoms with Crippen molar-refractivity contribution < 1.29 is 9.13 Å². The monoisotopic (exact) mass is 234 g/mol. The predicted molar refractivity (Wildman–Crippen MR) is 65.4 cm³/mol. The SMILES string of the molecule is Cc1ccc2c(c1F)CCC1CC(C)COC21. The van der Waals surface area contributed by atoms with Crippen molar-refractivity contribution in [3.05, 3.63) is 34.6 Å². The van der Waals surface area contributed by atoms with Gasteiger partial charge in [0, 0.05) is 6.61 Å². The van der Waals surface area contributed by atoms with E-state index in [-0.39, 0.29) is 11.9 Å². The Balaban J connectivity index is 2.00. The van der Waals surface area contributed by atoms with Gasteiger partial charge >= 0.3 is 0 Å². The van der Waals surface area contributed by atoms with Crippen LogP contribution in [-0.4, -0.2) is 6.61 Å². The van der Waals surface area contributed by atoms with E-state index in [1.54, 1.807) is 0 Å². The van der Waals surface area contributed by atoms with Crippen LogP contribution in [0.2, 0.25) is 0 Å². The van der Waals surface area contributed by atoms with Gasteiger partial charge in [0.15, 0.2) is 0 Å². The normalized spacial score (nSPS) is 31.8. The van der Waals surface area contributed by atoms with Crippen LogP contribution in [0.25, 0.3) is 0 Å². The highest BCUT2D eigenvalue weighted by atomic mass is 19.1. The Morgan fingerprint density at radius 3 is 3.00 bits per heavy atom. The van der Waals surface area contributed by atoms with Gasteiger partial charge in [-0.15, -0.1) is 0 Å². The zero-order chi connectivity index (χ0) is 12.0. The van der Waals surface area contributed by atoms with Crippen molar-refractivity contribution >= 4 is 0 Å². The van der Waals surface area contributed by atoms with E-state index in [1.165, 1.54) is 6.42 Å². The summed E-state index contributed by atoms with van der Waals surface area (Å²) in [5, 5.41) is 0. The van der Waals surface area contributed by atoms with E-state index in [0.717, 1.165) is 36.1 Å². The first-order valence-electron chi connectivity index (χ1n) is 6.56. The van der Waals surface area contributed by atoms with E-state index in [9.17, 15) is 4.39 Å². The van der Waals surface area contributed by atoms with Crippen LogP contribution in [0.3, 0.4) is 0 Å². The Morgan fingerprint density at radius 2 is 2.18 bits per heavy atom. The molecule has 1 saturated heterocycles. The van der Waals surface area contributed by atoms with Crippen molar-refractivity contribution in [2.45, 2.75) is 39.2 Å². The van der Waals surface area contributed by atoms with Crippen LogP contribution in [0, 0.1) is 24.6 Å². The van der Waals surface area contributed by atoms with Gasteiger partial charge in [0.25, 0.3) is 0 Å². The second-order valence-electron chi connectivity index (χ2n) is 5.66. The van der Waals surface area contributed by atoms with Crippen LogP contribution in [0.4, 0.5) is 4.39 Å². The first kappa shape index (κ1) is 11.2. The summed E-state index contributed by atoms with van der Waals surface area (Å²) in [5.74, 6) is 1.23. The van der Waals surface area contributed by atoms with E-state index in [2.05, 4.69) is 13.0 Å². The molecule has 2 aliphatic rings. The van der Waals surface area contributed by atoms with Gasteiger partial charge in [0.1, 0.15) is 5.82 Å². The summed E-state index contributed by atoms with van der Waals surface area (Å²) in [6, 6.07) is 3.96. The maximum absolute atomic E-state index is 14.1. The molecule has 1 heterocycles. The summed E-state index contributed by atoms with van der Waals surface area (Å²) in [6.45, 7) is 4.89. The van der Waals surface area contributed by atoms with Gasteiger partial charge in [-0.1, -0.05) is 19.1 Å². The molecule has 0 amide bonds. The van der Waals surface area contributed by atoms with Crippen molar-refractivity contribution in [2.24, 2.45) is 11.8 Å². The Labute approximate surface area is 102 Å². The molecule has 1 aliphatic carbocycles. The molecule has 0 radical (unpaired) electrons. The molecule has 0 saturated carbocycles. The molecular weight excluding hydrogens is 215 g/mol. The molecule has 1 fully saturated rings. The van der Waals surface area contributed by atoms with Crippen LogP contribution in [0.5, 0.6) is 0 Å². The van der Waals surface area contributed by atoms with Crippen molar-refractivity contribution in [1.82, 2.24) is 0 Å². The number of aryl methyl sites for hydroxylation is 1. The molecule has 0 N–H and O–H groups in total. The highest BCUT2D eigenvalue weighted by Crippen LogP contribution is 2.44. The third kappa shape index (κ3) is 1.79. The summed E-state index contributed by atoms with van der Waals surface area (Å²) in [7, 11) is 0. The highest BCUT2D eigenvalue weighted by molar-refractivity contribution is 5.37. The second-order valence-corrected chi connectivity index (χ2v) is 5.66. The molecule has 2 heteroatoms. The minimum Gasteiger partial charge on any atom is -0.373 e. The molecule has 1 aliphatic heterocycles. The second kappa shape index (κ2) is 4.09. The molecule has 3 rings (SSSR count). The Bertz CT molecular complexity index is 441. The lowest BCUT2D eigenvalue weighted by Crippen LogP contribution is -2.32. The van der Waals surface area contributed by atoms with Crippen LogP contribution >= 0.6 is 0 Å². The summed E-state index contributed by atoms with van der Waals surface area (Å²) >= 11 is 0.